The molecule has 5 heteroatoms. The molecule has 0 aliphatic carbocycles. The summed E-state index contributed by atoms with van der Waals surface area (Å²) >= 11 is 0. The fourth-order valence-corrected chi connectivity index (χ4v) is 3.92. The first-order chi connectivity index (χ1) is 12.9. The summed E-state index contributed by atoms with van der Waals surface area (Å²) in [5.74, 6) is 0.914. The van der Waals surface area contributed by atoms with Crippen LogP contribution in [0, 0.1) is 0 Å². The average molecular weight is 361 g/mol. The van der Waals surface area contributed by atoms with Gasteiger partial charge in [-0.15, -0.1) is 0 Å². The second kappa shape index (κ2) is 5.63. The number of hydrogen-bond acceptors (Lipinski definition) is 3. The second-order valence-corrected chi connectivity index (χ2v) is 8.43. The van der Waals surface area contributed by atoms with Gasteiger partial charge in [-0.2, -0.15) is 0 Å². The molecule has 27 heavy (non-hydrogen) atoms. The molecule has 3 aromatic rings. The Morgan fingerprint density at radius 3 is 2.44 bits per heavy atom. The van der Waals surface area contributed by atoms with Crippen molar-refractivity contribution in [2.24, 2.45) is 0 Å². The lowest BCUT2D eigenvalue weighted by atomic mass is 9.78. The monoisotopic (exact) mass is 361 g/mol. The minimum atomic E-state index is -0.374. The van der Waals surface area contributed by atoms with Crippen molar-refractivity contribution in [1.82, 2.24) is 4.57 Å². The molecule has 4 nitrogen and oxygen atoms in total. The molecule has 1 saturated heterocycles. The number of fused-ring (bicyclic) bond motifs is 5. The zero-order valence-electron chi connectivity index (χ0n) is 16.3. The molecule has 0 spiro atoms. The maximum Gasteiger partial charge on any atom is 0.494 e. The smallest absolute Gasteiger partial charge is 0.491 e. The van der Waals surface area contributed by atoms with Gasteiger partial charge in [0.2, 0.25) is 0 Å². The largest absolute Gasteiger partial charge is 0.494 e. The second-order valence-electron chi connectivity index (χ2n) is 8.43. The summed E-state index contributed by atoms with van der Waals surface area (Å²) in [7, 11) is -0.374. The molecule has 138 valence electrons. The van der Waals surface area contributed by atoms with Crippen molar-refractivity contribution in [3.8, 4) is 17.0 Å². The Morgan fingerprint density at radius 1 is 0.926 bits per heavy atom. The van der Waals surface area contributed by atoms with E-state index in [-0.39, 0.29) is 18.3 Å². The van der Waals surface area contributed by atoms with E-state index in [1.54, 1.807) is 0 Å². The fourth-order valence-electron chi connectivity index (χ4n) is 3.92. The van der Waals surface area contributed by atoms with E-state index in [4.69, 9.17) is 14.0 Å². The summed E-state index contributed by atoms with van der Waals surface area (Å²) in [4.78, 5) is 0. The number of nitrogens with zero attached hydrogens (tertiary/aromatic N) is 1. The number of aromatic nitrogens is 1. The molecule has 1 aromatic heterocycles. The van der Waals surface area contributed by atoms with Gasteiger partial charge >= 0.3 is 7.12 Å². The van der Waals surface area contributed by atoms with Crippen molar-refractivity contribution in [1.29, 1.82) is 0 Å². The van der Waals surface area contributed by atoms with Gasteiger partial charge in [-0.1, -0.05) is 24.3 Å². The van der Waals surface area contributed by atoms with E-state index in [9.17, 15) is 0 Å². The topological polar surface area (TPSA) is 32.6 Å². The van der Waals surface area contributed by atoms with Gasteiger partial charge in [0.25, 0.3) is 0 Å². The van der Waals surface area contributed by atoms with Crippen LogP contribution >= 0.6 is 0 Å². The summed E-state index contributed by atoms with van der Waals surface area (Å²) in [6.07, 6.45) is 0. The maximum absolute atomic E-state index is 6.25. The zero-order chi connectivity index (χ0) is 18.8. The van der Waals surface area contributed by atoms with Gasteiger partial charge in [-0.3, -0.25) is 0 Å². The van der Waals surface area contributed by atoms with Crippen LogP contribution in [0.4, 0.5) is 0 Å². The number of para-hydroxylation sites is 1. The highest BCUT2D eigenvalue weighted by Gasteiger charge is 2.51. The van der Waals surface area contributed by atoms with Gasteiger partial charge in [0.15, 0.2) is 0 Å². The first kappa shape index (κ1) is 16.9. The third kappa shape index (κ3) is 2.53. The normalized spacial score (nSPS) is 20.1. The molecule has 0 atom stereocenters. The standard InChI is InChI=1S/C22H24BNO3/c1-21(2)22(3,4)27-23(26-21)16-9-10-20-17(14-16)19-13-15-7-5-6-8-18(15)24(19)11-12-25-20/h5-10,13-14H,11-12H2,1-4H3. The number of ether oxygens (including phenoxy) is 1. The Morgan fingerprint density at radius 2 is 1.67 bits per heavy atom. The molecule has 2 aliphatic heterocycles. The molecule has 3 heterocycles. The van der Waals surface area contributed by atoms with Gasteiger partial charge in [-0.25, -0.2) is 0 Å². The Balaban J connectivity index is 1.63. The van der Waals surface area contributed by atoms with E-state index < -0.39 is 0 Å². The summed E-state index contributed by atoms with van der Waals surface area (Å²) in [6.45, 7) is 9.82. The summed E-state index contributed by atoms with van der Waals surface area (Å²) < 4.78 is 20.9. The summed E-state index contributed by atoms with van der Waals surface area (Å²) in [5.41, 5.74) is 3.84. The Bertz CT molecular complexity index is 1020. The lowest BCUT2D eigenvalue weighted by molar-refractivity contribution is 0.00578. The minimum Gasteiger partial charge on any atom is -0.491 e. The van der Waals surface area contributed by atoms with Gasteiger partial charge in [0.1, 0.15) is 12.4 Å². The first-order valence-electron chi connectivity index (χ1n) is 9.57. The predicted molar refractivity (Wildman–Crippen MR) is 109 cm³/mol. The fraction of sp³-hybridized carbons (Fsp3) is 0.364. The van der Waals surface area contributed by atoms with Crippen LogP contribution in [-0.4, -0.2) is 29.5 Å². The van der Waals surface area contributed by atoms with Gasteiger partial charge < -0.3 is 18.6 Å². The van der Waals surface area contributed by atoms with Crippen LogP contribution in [0.2, 0.25) is 0 Å². The highest BCUT2D eigenvalue weighted by molar-refractivity contribution is 6.62. The molecule has 0 bridgehead atoms. The number of benzene rings is 2. The molecule has 0 amide bonds. The number of hydrogen-bond donors (Lipinski definition) is 0. The SMILES string of the molecule is CC1(C)OB(c2ccc3c(c2)-c2cc4ccccc4n2CCO3)OC1(C)C. The van der Waals surface area contributed by atoms with Crippen molar-refractivity contribution in [2.75, 3.05) is 6.61 Å². The summed E-state index contributed by atoms with van der Waals surface area (Å²) in [6, 6.07) is 17.0. The van der Waals surface area contributed by atoms with Gasteiger partial charge in [0.05, 0.1) is 23.4 Å². The highest BCUT2D eigenvalue weighted by Crippen LogP contribution is 2.39. The van der Waals surface area contributed by atoms with Crippen LogP contribution in [0.15, 0.2) is 48.5 Å². The van der Waals surface area contributed by atoms with Crippen molar-refractivity contribution >= 4 is 23.5 Å². The van der Waals surface area contributed by atoms with E-state index in [1.807, 2.05) is 6.07 Å². The molecular formula is C22H24BNO3. The first-order valence-corrected chi connectivity index (χ1v) is 9.57. The van der Waals surface area contributed by atoms with Crippen molar-refractivity contribution in [3.63, 3.8) is 0 Å². The van der Waals surface area contributed by atoms with Crippen molar-refractivity contribution in [3.05, 3.63) is 48.5 Å². The molecule has 0 N–H and O–H groups in total. The van der Waals surface area contributed by atoms with Crippen molar-refractivity contribution < 1.29 is 14.0 Å². The van der Waals surface area contributed by atoms with E-state index in [2.05, 4.69) is 74.7 Å². The van der Waals surface area contributed by atoms with E-state index in [0.717, 1.165) is 23.3 Å². The predicted octanol–water partition coefficient (Wildman–Crippen LogP) is 4.00. The summed E-state index contributed by atoms with van der Waals surface area (Å²) in [5, 5.41) is 1.25. The molecule has 0 radical (unpaired) electrons. The van der Waals surface area contributed by atoms with Crippen LogP contribution in [0.3, 0.4) is 0 Å². The highest BCUT2D eigenvalue weighted by atomic mass is 16.7. The van der Waals surface area contributed by atoms with E-state index >= 15 is 0 Å². The number of rotatable bonds is 1. The molecule has 0 saturated carbocycles. The van der Waals surface area contributed by atoms with Crippen LogP contribution in [-0.2, 0) is 15.9 Å². The lowest BCUT2D eigenvalue weighted by Gasteiger charge is -2.32. The molecule has 5 rings (SSSR count). The molecular weight excluding hydrogens is 337 g/mol. The minimum absolute atomic E-state index is 0.351. The maximum atomic E-state index is 6.25. The zero-order valence-corrected chi connectivity index (χ0v) is 16.3. The molecule has 2 aromatic carbocycles. The van der Waals surface area contributed by atoms with E-state index in [0.29, 0.717) is 6.61 Å². The van der Waals surface area contributed by atoms with Crippen LogP contribution in [0.5, 0.6) is 5.75 Å². The lowest BCUT2D eigenvalue weighted by Crippen LogP contribution is -2.41. The van der Waals surface area contributed by atoms with Gasteiger partial charge in [-0.05, 0) is 57.4 Å². The van der Waals surface area contributed by atoms with Crippen molar-refractivity contribution in [2.45, 2.75) is 45.4 Å². The Hall–Kier alpha value is -2.24. The quantitative estimate of drug-likeness (QED) is 0.614. The molecule has 0 unspecified atom stereocenters. The Kier molecular flexibility index (Phi) is 3.53. The van der Waals surface area contributed by atoms with E-state index in [1.165, 1.54) is 16.6 Å². The van der Waals surface area contributed by atoms with Crippen LogP contribution in [0.1, 0.15) is 27.7 Å². The Labute approximate surface area is 160 Å². The third-order valence-electron chi connectivity index (χ3n) is 6.19. The van der Waals surface area contributed by atoms with Gasteiger partial charge in [0, 0.05) is 16.5 Å². The van der Waals surface area contributed by atoms with Crippen LogP contribution in [0.25, 0.3) is 22.2 Å². The molecule has 1 fully saturated rings. The van der Waals surface area contributed by atoms with Crippen LogP contribution < -0.4 is 10.2 Å². The average Bonchev–Trinajstić information content (AvgIpc) is 3.02. The third-order valence-corrected chi connectivity index (χ3v) is 6.19. The molecule has 2 aliphatic rings.